The second-order valence-electron chi connectivity index (χ2n) is 6.03. The Balaban J connectivity index is 1.67. The monoisotopic (exact) mass is 371 g/mol. The minimum Gasteiger partial charge on any atom is -0.288 e. The molecule has 0 aliphatic rings. The maximum absolute atomic E-state index is 12.3. The highest BCUT2D eigenvalue weighted by atomic mass is 32.1. The molecule has 0 aliphatic heterocycles. The smallest absolute Gasteiger partial charge is 0.195 e. The fraction of sp³-hybridized carbons (Fsp3) is 0.0455. The summed E-state index contributed by atoms with van der Waals surface area (Å²) in [6.07, 6.45) is 8.93. The quantitative estimate of drug-likeness (QED) is 0.356. The lowest BCUT2D eigenvalue weighted by molar-refractivity contribution is 0.105. The zero-order valence-corrected chi connectivity index (χ0v) is 15.3. The van der Waals surface area contributed by atoms with Gasteiger partial charge in [-0.2, -0.15) is 5.10 Å². The van der Waals surface area contributed by atoms with E-state index in [1.807, 2.05) is 64.8 Å². The van der Waals surface area contributed by atoms with E-state index in [0.717, 1.165) is 21.7 Å². The molecule has 1 aromatic carbocycles. The van der Waals surface area contributed by atoms with Crippen molar-refractivity contribution in [3.63, 3.8) is 0 Å². The molecule has 5 heteroatoms. The van der Waals surface area contributed by atoms with Crippen LogP contribution in [0.3, 0.4) is 0 Å². The summed E-state index contributed by atoms with van der Waals surface area (Å²) in [6, 6.07) is 17.7. The van der Waals surface area contributed by atoms with Gasteiger partial charge >= 0.3 is 0 Å². The third-order valence-electron chi connectivity index (χ3n) is 4.09. The molecule has 0 aliphatic carbocycles. The molecule has 0 unspecified atom stereocenters. The van der Waals surface area contributed by atoms with Gasteiger partial charge in [0.1, 0.15) is 5.69 Å². The Kier molecular flexibility index (Phi) is 5.03. The first-order chi connectivity index (χ1) is 13.3. The van der Waals surface area contributed by atoms with Gasteiger partial charge in [0.2, 0.25) is 0 Å². The Hall–Kier alpha value is -3.31. The molecule has 27 heavy (non-hydrogen) atoms. The van der Waals surface area contributed by atoms with E-state index in [1.165, 1.54) is 16.9 Å². The highest BCUT2D eigenvalue weighted by molar-refractivity contribution is 7.12. The number of pyridine rings is 1. The highest BCUT2D eigenvalue weighted by Crippen LogP contribution is 2.23. The summed E-state index contributed by atoms with van der Waals surface area (Å²) in [4.78, 5) is 17.2. The normalized spacial score (nSPS) is 11.1. The molecule has 0 saturated carbocycles. The van der Waals surface area contributed by atoms with E-state index in [0.29, 0.717) is 6.54 Å². The molecule has 0 saturated heterocycles. The number of hydrogen-bond acceptors (Lipinski definition) is 4. The van der Waals surface area contributed by atoms with Crippen molar-refractivity contribution in [2.45, 2.75) is 6.54 Å². The second kappa shape index (κ2) is 7.93. The number of nitrogens with zero attached hydrogens (tertiary/aromatic N) is 3. The molecule has 0 fully saturated rings. The van der Waals surface area contributed by atoms with Crippen molar-refractivity contribution in [1.82, 2.24) is 14.8 Å². The number of ketones is 1. The average Bonchev–Trinajstić information content (AvgIpc) is 3.38. The van der Waals surface area contributed by atoms with Gasteiger partial charge in [-0.15, -0.1) is 11.3 Å². The third kappa shape index (κ3) is 4.10. The molecule has 3 heterocycles. The van der Waals surface area contributed by atoms with Crippen LogP contribution >= 0.6 is 11.3 Å². The number of rotatable bonds is 6. The van der Waals surface area contributed by atoms with Crippen molar-refractivity contribution >= 4 is 23.2 Å². The third-order valence-corrected chi connectivity index (χ3v) is 4.98. The number of benzene rings is 1. The SMILES string of the molecule is O=C(/C=C/c1cn(Cc2ccccc2)nc1-c1cccnc1)c1cccs1. The van der Waals surface area contributed by atoms with Crippen molar-refractivity contribution in [2.75, 3.05) is 0 Å². The van der Waals surface area contributed by atoms with E-state index in [-0.39, 0.29) is 5.78 Å². The van der Waals surface area contributed by atoms with Crippen LogP contribution in [0.2, 0.25) is 0 Å². The summed E-state index contributed by atoms with van der Waals surface area (Å²) >= 11 is 1.44. The first-order valence-corrected chi connectivity index (χ1v) is 9.45. The summed E-state index contributed by atoms with van der Waals surface area (Å²) in [5.41, 5.74) is 3.80. The van der Waals surface area contributed by atoms with Crippen LogP contribution in [0.4, 0.5) is 0 Å². The van der Waals surface area contributed by atoms with E-state index in [9.17, 15) is 4.79 Å². The van der Waals surface area contributed by atoms with Crippen LogP contribution in [-0.4, -0.2) is 20.5 Å². The van der Waals surface area contributed by atoms with Crippen molar-refractivity contribution in [3.8, 4) is 11.3 Å². The highest BCUT2D eigenvalue weighted by Gasteiger charge is 2.11. The number of allylic oxidation sites excluding steroid dienone is 1. The predicted octanol–water partition coefficient (Wildman–Crippen LogP) is 4.95. The van der Waals surface area contributed by atoms with E-state index in [4.69, 9.17) is 5.10 Å². The molecular formula is C22H17N3OS. The molecule has 0 spiro atoms. The largest absolute Gasteiger partial charge is 0.288 e. The van der Waals surface area contributed by atoms with Crippen molar-refractivity contribution < 1.29 is 4.79 Å². The molecule has 4 nitrogen and oxygen atoms in total. The van der Waals surface area contributed by atoms with Crippen LogP contribution in [0.5, 0.6) is 0 Å². The Morgan fingerprint density at radius 3 is 2.70 bits per heavy atom. The van der Waals surface area contributed by atoms with Gasteiger partial charge in [-0.25, -0.2) is 0 Å². The Morgan fingerprint density at radius 1 is 1.07 bits per heavy atom. The fourth-order valence-electron chi connectivity index (χ4n) is 2.80. The predicted molar refractivity (Wildman–Crippen MR) is 109 cm³/mol. The summed E-state index contributed by atoms with van der Waals surface area (Å²) in [5, 5.41) is 6.64. The molecule has 4 rings (SSSR count). The Bertz CT molecular complexity index is 1050. The van der Waals surface area contributed by atoms with Crippen LogP contribution in [-0.2, 0) is 6.54 Å². The fourth-order valence-corrected chi connectivity index (χ4v) is 3.45. The molecule has 0 amide bonds. The first-order valence-electron chi connectivity index (χ1n) is 8.57. The van der Waals surface area contributed by atoms with Gasteiger partial charge in [-0.3, -0.25) is 14.5 Å². The van der Waals surface area contributed by atoms with Crippen LogP contribution in [0.15, 0.2) is 84.6 Å². The van der Waals surface area contributed by atoms with Gasteiger partial charge in [0, 0.05) is 29.7 Å². The summed E-state index contributed by atoms with van der Waals surface area (Å²) < 4.78 is 1.90. The minimum atomic E-state index is -0.00190. The molecule has 0 N–H and O–H groups in total. The zero-order chi connectivity index (χ0) is 18.5. The van der Waals surface area contributed by atoms with Crippen molar-refractivity contribution in [3.05, 3.63) is 101 Å². The van der Waals surface area contributed by atoms with Crippen LogP contribution in [0, 0.1) is 0 Å². The molecule has 0 bridgehead atoms. The summed E-state index contributed by atoms with van der Waals surface area (Å²) in [7, 11) is 0. The Labute approximate surface area is 161 Å². The summed E-state index contributed by atoms with van der Waals surface area (Å²) in [5.74, 6) is -0.00190. The number of hydrogen-bond donors (Lipinski definition) is 0. The lowest BCUT2D eigenvalue weighted by atomic mass is 10.1. The molecule has 4 aromatic rings. The topological polar surface area (TPSA) is 47.8 Å². The number of carbonyl (C=O) groups is 1. The van der Waals surface area contributed by atoms with Gasteiger partial charge in [-0.1, -0.05) is 36.4 Å². The zero-order valence-electron chi connectivity index (χ0n) is 14.5. The van der Waals surface area contributed by atoms with Gasteiger partial charge in [0.05, 0.1) is 11.4 Å². The molecule has 0 radical (unpaired) electrons. The molecular weight excluding hydrogens is 354 g/mol. The molecule has 0 atom stereocenters. The average molecular weight is 371 g/mol. The lowest BCUT2D eigenvalue weighted by Crippen LogP contribution is -2.00. The van der Waals surface area contributed by atoms with Gasteiger partial charge in [-0.05, 0) is 41.3 Å². The van der Waals surface area contributed by atoms with E-state index in [1.54, 1.807) is 18.5 Å². The number of aromatic nitrogens is 3. The Morgan fingerprint density at radius 2 is 1.96 bits per heavy atom. The van der Waals surface area contributed by atoms with Gasteiger partial charge < -0.3 is 0 Å². The summed E-state index contributed by atoms with van der Waals surface area (Å²) in [6.45, 7) is 0.667. The molecule has 3 aromatic heterocycles. The van der Waals surface area contributed by atoms with Gasteiger partial charge in [0.25, 0.3) is 0 Å². The first kappa shape index (κ1) is 17.1. The van der Waals surface area contributed by atoms with E-state index < -0.39 is 0 Å². The standard InChI is InChI=1S/C22H17N3OS/c26-20(21-9-5-13-27-21)11-10-19-16-25(15-17-6-2-1-3-7-17)24-22(19)18-8-4-12-23-14-18/h1-14,16H,15H2/b11-10+. The van der Waals surface area contributed by atoms with E-state index >= 15 is 0 Å². The minimum absolute atomic E-state index is 0.00190. The van der Waals surface area contributed by atoms with Crippen LogP contribution in [0.1, 0.15) is 20.8 Å². The van der Waals surface area contributed by atoms with E-state index in [2.05, 4.69) is 17.1 Å². The number of carbonyl (C=O) groups excluding carboxylic acids is 1. The van der Waals surface area contributed by atoms with Crippen molar-refractivity contribution in [2.24, 2.45) is 0 Å². The lowest BCUT2D eigenvalue weighted by Gasteiger charge is -2.01. The van der Waals surface area contributed by atoms with Crippen LogP contribution in [0.25, 0.3) is 17.3 Å². The maximum Gasteiger partial charge on any atom is 0.195 e. The number of thiophene rings is 1. The molecule has 132 valence electrons. The maximum atomic E-state index is 12.3. The van der Waals surface area contributed by atoms with Crippen LogP contribution < -0.4 is 0 Å². The van der Waals surface area contributed by atoms with Crippen molar-refractivity contribution in [1.29, 1.82) is 0 Å². The second-order valence-corrected chi connectivity index (χ2v) is 6.98. The van der Waals surface area contributed by atoms with Gasteiger partial charge in [0.15, 0.2) is 5.78 Å².